The van der Waals surface area contributed by atoms with Crippen LogP contribution in [0.25, 0.3) is 0 Å². The van der Waals surface area contributed by atoms with Crippen LogP contribution in [-0.4, -0.2) is 17.8 Å². The van der Waals surface area contributed by atoms with Crippen molar-refractivity contribution in [1.29, 1.82) is 0 Å². The standard InChI is InChI=1S/C12H14BrCl2NO/c1-7(2)11(6-14)16-12(17)9-4-3-8(13)5-10(9)15/h3-5,7,11H,6H2,1-2H3,(H,16,17). The Labute approximate surface area is 120 Å². The summed E-state index contributed by atoms with van der Waals surface area (Å²) in [5, 5.41) is 3.30. The average Bonchev–Trinajstić information content (AvgIpc) is 2.24. The number of hydrogen-bond donors (Lipinski definition) is 1. The zero-order valence-corrected chi connectivity index (χ0v) is 12.7. The summed E-state index contributed by atoms with van der Waals surface area (Å²) >= 11 is 15.1. The van der Waals surface area contributed by atoms with Crippen LogP contribution in [0.15, 0.2) is 22.7 Å². The smallest absolute Gasteiger partial charge is 0.253 e. The minimum atomic E-state index is -0.193. The lowest BCUT2D eigenvalue weighted by atomic mass is 10.1. The lowest BCUT2D eigenvalue weighted by Crippen LogP contribution is -2.39. The molecule has 0 radical (unpaired) electrons. The van der Waals surface area contributed by atoms with E-state index in [-0.39, 0.29) is 17.9 Å². The van der Waals surface area contributed by atoms with Crippen molar-refractivity contribution >= 4 is 45.0 Å². The molecule has 0 heterocycles. The molecule has 94 valence electrons. The maximum atomic E-state index is 12.0. The average molecular weight is 339 g/mol. The molecule has 2 nitrogen and oxygen atoms in total. The van der Waals surface area contributed by atoms with E-state index in [1.807, 2.05) is 13.8 Å². The molecule has 1 rings (SSSR count). The molecule has 0 aliphatic heterocycles. The highest BCUT2D eigenvalue weighted by Crippen LogP contribution is 2.21. The number of carbonyl (C=O) groups excluding carboxylic acids is 1. The monoisotopic (exact) mass is 337 g/mol. The van der Waals surface area contributed by atoms with Crippen LogP contribution in [0.5, 0.6) is 0 Å². The summed E-state index contributed by atoms with van der Waals surface area (Å²) < 4.78 is 0.844. The van der Waals surface area contributed by atoms with Crippen molar-refractivity contribution in [3.05, 3.63) is 33.3 Å². The number of halogens is 3. The van der Waals surface area contributed by atoms with Crippen molar-refractivity contribution in [3.8, 4) is 0 Å². The first-order chi connectivity index (χ1) is 7.95. The Morgan fingerprint density at radius 1 is 1.47 bits per heavy atom. The predicted octanol–water partition coefficient (Wildman–Crippen LogP) is 4.10. The third-order valence-electron chi connectivity index (χ3n) is 2.46. The van der Waals surface area contributed by atoms with Crippen molar-refractivity contribution in [2.45, 2.75) is 19.9 Å². The highest BCUT2D eigenvalue weighted by Gasteiger charge is 2.17. The number of hydrogen-bond acceptors (Lipinski definition) is 1. The number of nitrogens with one attached hydrogen (secondary N) is 1. The zero-order valence-electron chi connectivity index (χ0n) is 9.64. The number of rotatable bonds is 4. The van der Waals surface area contributed by atoms with Gasteiger partial charge < -0.3 is 5.32 Å². The highest BCUT2D eigenvalue weighted by molar-refractivity contribution is 9.10. The van der Waals surface area contributed by atoms with E-state index in [1.165, 1.54) is 0 Å². The molecular formula is C12H14BrCl2NO. The molecule has 5 heteroatoms. The van der Waals surface area contributed by atoms with E-state index < -0.39 is 0 Å². The fourth-order valence-corrected chi connectivity index (χ4v) is 2.50. The molecule has 1 aromatic rings. The Bertz CT molecular complexity index is 409. The van der Waals surface area contributed by atoms with Gasteiger partial charge in [-0.2, -0.15) is 0 Å². The van der Waals surface area contributed by atoms with Crippen molar-refractivity contribution in [2.24, 2.45) is 5.92 Å². The van der Waals surface area contributed by atoms with Gasteiger partial charge in [0, 0.05) is 16.4 Å². The predicted molar refractivity (Wildman–Crippen MR) is 76.0 cm³/mol. The van der Waals surface area contributed by atoms with Crippen LogP contribution in [0.1, 0.15) is 24.2 Å². The second kappa shape index (κ2) is 6.62. The van der Waals surface area contributed by atoms with Crippen LogP contribution in [0.2, 0.25) is 5.02 Å². The summed E-state index contributed by atoms with van der Waals surface area (Å²) in [5.41, 5.74) is 0.464. The van der Waals surface area contributed by atoms with E-state index >= 15 is 0 Å². The fraction of sp³-hybridized carbons (Fsp3) is 0.417. The lowest BCUT2D eigenvalue weighted by Gasteiger charge is -2.20. The molecule has 0 aliphatic carbocycles. The van der Waals surface area contributed by atoms with Gasteiger partial charge in [0.15, 0.2) is 0 Å². The zero-order chi connectivity index (χ0) is 13.0. The summed E-state index contributed by atoms with van der Waals surface area (Å²) in [6.45, 7) is 4.02. The van der Waals surface area contributed by atoms with Gasteiger partial charge in [0.1, 0.15) is 0 Å². The summed E-state index contributed by atoms with van der Waals surface area (Å²) in [7, 11) is 0. The quantitative estimate of drug-likeness (QED) is 0.823. The van der Waals surface area contributed by atoms with E-state index in [4.69, 9.17) is 23.2 Å². The normalized spacial score (nSPS) is 12.6. The molecule has 1 atom stereocenters. The van der Waals surface area contributed by atoms with Gasteiger partial charge in [-0.3, -0.25) is 4.79 Å². The van der Waals surface area contributed by atoms with Crippen LogP contribution in [0, 0.1) is 5.92 Å². The van der Waals surface area contributed by atoms with Crippen LogP contribution in [-0.2, 0) is 0 Å². The first-order valence-corrected chi connectivity index (χ1v) is 6.98. The number of amides is 1. The molecule has 1 unspecified atom stereocenters. The minimum Gasteiger partial charge on any atom is -0.348 e. The summed E-state index contributed by atoms with van der Waals surface area (Å²) in [6.07, 6.45) is 0. The first kappa shape index (κ1) is 14.8. The summed E-state index contributed by atoms with van der Waals surface area (Å²) in [5.74, 6) is 0.477. The Morgan fingerprint density at radius 3 is 2.59 bits per heavy atom. The molecule has 0 saturated heterocycles. The van der Waals surface area contributed by atoms with Gasteiger partial charge in [-0.15, -0.1) is 11.6 Å². The first-order valence-electron chi connectivity index (χ1n) is 5.27. The van der Waals surface area contributed by atoms with Gasteiger partial charge in [-0.25, -0.2) is 0 Å². The van der Waals surface area contributed by atoms with Gasteiger partial charge in [0.25, 0.3) is 5.91 Å². The second-order valence-corrected chi connectivity index (χ2v) is 5.73. The van der Waals surface area contributed by atoms with Crippen molar-refractivity contribution in [1.82, 2.24) is 5.32 Å². The van der Waals surface area contributed by atoms with Crippen molar-refractivity contribution in [2.75, 3.05) is 5.88 Å². The second-order valence-electron chi connectivity index (χ2n) is 4.10. The van der Waals surface area contributed by atoms with E-state index in [2.05, 4.69) is 21.2 Å². The third kappa shape index (κ3) is 4.16. The SMILES string of the molecule is CC(C)C(CCl)NC(=O)c1ccc(Br)cc1Cl. The number of alkyl halides is 1. The molecule has 0 saturated carbocycles. The van der Waals surface area contributed by atoms with Crippen LogP contribution < -0.4 is 5.32 Å². The van der Waals surface area contributed by atoms with Gasteiger partial charge in [0.2, 0.25) is 0 Å². The van der Waals surface area contributed by atoms with E-state index in [0.717, 1.165) is 4.47 Å². The van der Waals surface area contributed by atoms with E-state index in [0.29, 0.717) is 16.5 Å². The Morgan fingerprint density at radius 2 is 2.12 bits per heavy atom. The molecule has 1 aromatic carbocycles. The van der Waals surface area contributed by atoms with Crippen LogP contribution >= 0.6 is 39.1 Å². The maximum Gasteiger partial charge on any atom is 0.253 e. The van der Waals surface area contributed by atoms with E-state index in [9.17, 15) is 4.79 Å². The topological polar surface area (TPSA) is 29.1 Å². The Balaban J connectivity index is 2.82. The van der Waals surface area contributed by atoms with Gasteiger partial charge in [0.05, 0.1) is 10.6 Å². The molecular weight excluding hydrogens is 325 g/mol. The molecule has 0 fully saturated rings. The molecule has 1 N–H and O–H groups in total. The van der Waals surface area contributed by atoms with Crippen molar-refractivity contribution < 1.29 is 4.79 Å². The minimum absolute atomic E-state index is 0.0520. The maximum absolute atomic E-state index is 12.0. The Kier molecular flexibility index (Phi) is 5.77. The van der Waals surface area contributed by atoms with Crippen molar-refractivity contribution in [3.63, 3.8) is 0 Å². The van der Waals surface area contributed by atoms with Crippen LogP contribution in [0.3, 0.4) is 0 Å². The summed E-state index contributed by atoms with van der Waals surface area (Å²) in [6, 6.07) is 5.12. The fourth-order valence-electron chi connectivity index (χ4n) is 1.30. The third-order valence-corrected chi connectivity index (χ3v) is 3.60. The molecule has 17 heavy (non-hydrogen) atoms. The molecule has 0 bridgehead atoms. The van der Waals surface area contributed by atoms with Gasteiger partial charge in [-0.05, 0) is 24.1 Å². The number of benzene rings is 1. The Hall–Kier alpha value is -0.250. The molecule has 0 aromatic heterocycles. The number of carbonyl (C=O) groups is 1. The van der Waals surface area contributed by atoms with Gasteiger partial charge >= 0.3 is 0 Å². The molecule has 1 amide bonds. The molecule has 0 spiro atoms. The molecule has 0 aliphatic rings. The largest absolute Gasteiger partial charge is 0.348 e. The lowest BCUT2D eigenvalue weighted by molar-refractivity contribution is 0.0931. The van der Waals surface area contributed by atoms with Gasteiger partial charge in [-0.1, -0.05) is 41.4 Å². The summed E-state index contributed by atoms with van der Waals surface area (Å²) in [4.78, 5) is 12.0. The highest BCUT2D eigenvalue weighted by atomic mass is 79.9. The van der Waals surface area contributed by atoms with E-state index in [1.54, 1.807) is 18.2 Å². The van der Waals surface area contributed by atoms with Crippen LogP contribution in [0.4, 0.5) is 0 Å².